The molecule has 1 aliphatic rings. The fourth-order valence-electron chi connectivity index (χ4n) is 2.08. The normalized spacial score (nSPS) is 18.7. The summed E-state index contributed by atoms with van der Waals surface area (Å²) >= 11 is 0. The molecule has 1 fully saturated rings. The molecule has 1 aromatic carbocycles. The number of halogens is 3. The van der Waals surface area contributed by atoms with Gasteiger partial charge >= 0.3 is 18.0 Å². The first-order valence-corrected chi connectivity index (χ1v) is 6.23. The lowest BCUT2D eigenvalue weighted by Gasteiger charge is -2.17. The van der Waals surface area contributed by atoms with Crippen LogP contribution in [0.15, 0.2) is 24.3 Å². The van der Waals surface area contributed by atoms with Crippen molar-refractivity contribution in [2.75, 3.05) is 18.4 Å². The number of aliphatic hydroxyl groups excluding tert-OH is 1. The Morgan fingerprint density at radius 1 is 1.29 bits per heavy atom. The molecule has 0 bridgehead atoms. The Morgan fingerprint density at radius 2 is 1.95 bits per heavy atom. The van der Waals surface area contributed by atoms with Crippen molar-refractivity contribution in [3.63, 3.8) is 0 Å². The average Bonchev–Trinajstić information content (AvgIpc) is 2.84. The Hall–Kier alpha value is -2.09. The first-order valence-electron chi connectivity index (χ1n) is 6.23. The highest BCUT2D eigenvalue weighted by atomic mass is 19.4. The summed E-state index contributed by atoms with van der Waals surface area (Å²) in [5.41, 5.74) is -1.49. The number of alkyl halides is 3. The Balaban J connectivity index is 2.12. The molecule has 2 N–H and O–H groups in total. The predicted octanol–water partition coefficient (Wildman–Crippen LogP) is 1.24. The molecular weight excluding hydrogens is 289 g/mol. The third kappa shape index (κ3) is 3.52. The molecule has 1 aliphatic heterocycles. The number of carbonyl (C=O) groups excluding carboxylic acids is 2. The Morgan fingerprint density at radius 3 is 2.52 bits per heavy atom. The minimum absolute atomic E-state index is 0.00711. The first-order chi connectivity index (χ1) is 9.79. The number of hydrogen-bond acceptors (Lipinski definition) is 3. The Bertz CT molecular complexity index is 560. The van der Waals surface area contributed by atoms with Gasteiger partial charge in [-0.3, -0.25) is 9.59 Å². The molecule has 2 rings (SSSR count). The highest BCUT2D eigenvalue weighted by Gasteiger charge is 2.35. The molecule has 1 saturated heterocycles. The van der Waals surface area contributed by atoms with E-state index < -0.39 is 35.3 Å². The Kier molecular flexibility index (Phi) is 4.17. The number of β-amino-alcohol motifs (C(OH)–C–C–N with tert-alkyl or cyclic N) is 1. The number of likely N-dealkylation sites (tertiary alicyclic amines) is 1. The van der Waals surface area contributed by atoms with Crippen LogP contribution in [0.2, 0.25) is 0 Å². The van der Waals surface area contributed by atoms with Crippen molar-refractivity contribution in [2.24, 2.45) is 0 Å². The van der Waals surface area contributed by atoms with Crippen molar-refractivity contribution < 1.29 is 27.9 Å². The van der Waals surface area contributed by atoms with Crippen LogP contribution in [-0.2, 0) is 15.8 Å². The van der Waals surface area contributed by atoms with E-state index in [1.54, 1.807) is 0 Å². The van der Waals surface area contributed by atoms with Crippen LogP contribution in [0.4, 0.5) is 18.9 Å². The van der Waals surface area contributed by atoms with Crippen molar-refractivity contribution in [2.45, 2.75) is 18.7 Å². The molecule has 2 amide bonds. The summed E-state index contributed by atoms with van der Waals surface area (Å²) in [5.74, 6) is -2.11. The standard InChI is InChI=1S/C13H13F3N2O3/c14-13(15,16)9-3-1-2-4-10(9)17-11(20)12(21)18-6-5-8(19)7-18/h1-4,8,19H,5-7H2,(H,17,20)/t8-/m1/s1. The highest BCUT2D eigenvalue weighted by molar-refractivity contribution is 6.39. The number of amides is 2. The summed E-state index contributed by atoms with van der Waals surface area (Å²) in [7, 11) is 0. The van der Waals surface area contributed by atoms with Crippen LogP contribution in [0, 0.1) is 0 Å². The second-order valence-electron chi connectivity index (χ2n) is 4.69. The summed E-state index contributed by atoms with van der Waals surface area (Å²) in [6.45, 7) is 0.210. The zero-order valence-corrected chi connectivity index (χ0v) is 10.9. The van der Waals surface area contributed by atoms with E-state index >= 15 is 0 Å². The number of rotatable bonds is 1. The van der Waals surface area contributed by atoms with Crippen LogP contribution >= 0.6 is 0 Å². The van der Waals surface area contributed by atoms with Gasteiger partial charge in [-0.1, -0.05) is 12.1 Å². The lowest BCUT2D eigenvalue weighted by atomic mass is 10.1. The maximum atomic E-state index is 12.8. The average molecular weight is 302 g/mol. The van der Waals surface area contributed by atoms with Crippen molar-refractivity contribution in [1.82, 2.24) is 4.90 Å². The van der Waals surface area contributed by atoms with Crippen molar-refractivity contribution in [3.8, 4) is 0 Å². The predicted molar refractivity (Wildman–Crippen MR) is 67.3 cm³/mol. The molecule has 0 aromatic heterocycles. The minimum Gasteiger partial charge on any atom is -0.391 e. The van der Waals surface area contributed by atoms with Gasteiger partial charge in [-0.25, -0.2) is 0 Å². The third-order valence-corrected chi connectivity index (χ3v) is 3.13. The van der Waals surface area contributed by atoms with Crippen LogP contribution < -0.4 is 5.32 Å². The minimum atomic E-state index is -4.63. The van der Waals surface area contributed by atoms with E-state index in [0.717, 1.165) is 17.0 Å². The summed E-state index contributed by atoms with van der Waals surface area (Å²) in [6.07, 6.45) is -4.99. The van der Waals surface area contributed by atoms with Gasteiger partial charge in [-0.05, 0) is 18.6 Å². The molecule has 1 heterocycles. The Labute approximate surface area is 118 Å². The van der Waals surface area contributed by atoms with Gasteiger partial charge in [0.15, 0.2) is 0 Å². The molecule has 0 saturated carbocycles. The van der Waals surface area contributed by atoms with E-state index in [9.17, 15) is 27.9 Å². The van der Waals surface area contributed by atoms with Crippen LogP contribution in [0.3, 0.4) is 0 Å². The molecule has 1 aromatic rings. The number of anilines is 1. The van der Waals surface area contributed by atoms with Gasteiger partial charge < -0.3 is 15.3 Å². The first kappa shape index (κ1) is 15.3. The third-order valence-electron chi connectivity index (χ3n) is 3.13. The summed E-state index contributed by atoms with van der Waals surface area (Å²) < 4.78 is 38.3. The van der Waals surface area contributed by atoms with Gasteiger partial charge in [-0.15, -0.1) is 0 Å². The van der Waals surface area contributed by atoms with Crippen molar-refractivity contribution >= 4 is 17.5 Å². The van der Waals surface area contributed by atoms with Gasteiger partial charge in [0.1, 0.15) is 0 Å². The second-order valence-corrected chi connectivity index (χ2v) is 4.69. The molecule has 21 heavy (non-hydrogen) atoms. The van der Waals surface area contributed by atoms with E-state index in [1.807, 2.05) is 5.32 Å². The molecule has 5 nitrogen and oxygen atoms in total. The number of para-hydroxylation sites is 1. The largest absolute Gasteiger partial charge is 0.418 e. The summed E-state index contributed by atoms with van der Waals surface area (Å²) in [4.78, 5) is 24.6. The molecular formula is C13H13F3N2O3. The van der Waals surface area contributed by atoms with Gasteiger partial charge in [0.25, 0.3) is 0 Å². The van der Waals surface area contributed by atoms with Gasteiger partial charge in [0.05, 0.1) is 17.4 Å². The quantitative estimate of drug-likeness (QED) is 0.767. The zero-order valence-electron chi connectivity index (χ0n) is 10.9. The van der Waals surface area contributed by atoms with Crippen LogP contribution in [0.25, 0.3) is 0 Å². The molecule has 8 heteroatoms. The number of carbonyl (C=O) groups is 2. The zero-order chi connectivity index (χ0) is 15.6. The molecule has 114 valence electrons. The molecule has 0 radical (unpaired) electrons. The van der Waals surface area contributed by atoms with Gasteiger partial charge in [0, 0.05) is 13.1 Å². The number of benzene rings is 1. The molecule has 0 aliphatic carbocycles. The smallest absolute Gasteiger partial charge is 0.391 e. The van der Waals surface area contributed by atoms with E-state index in [2.05, 4.69) is 0 Å². The maximum absolute atomic E-state index is 12.8. The number of nitrogens with one attached hydrogen (secondary N) is 1. The number of aliphatic hydroxyl groups is 1. The van der Waals surface area contributed by atoms with Crippen molar-refractivity contribution in [3.05, 3.63) is 29.8 Å². The van der Waals surface area contributed by atoms with Crippen LogP contribution in [0.5, 0.6) is 0 Å². The maximum Gasteiger partial charge on any atom is 0.418 e. The fraction of sp³-hybridized carbons (Fsp3) is 0.385. The lowest BCUT2D eigenvalue weighted by Crippen LogP contribution is -2.39. The van der Waals surface area contributed by atoms with Crippen LogP contribution in [-0.4, -0.2) is 41.0 Å². The summed E-state index contributed by atoms with van der Waals surface area (Å²) in [5, 5.41) is 11.3. The van der Waals surface area contributed by atoms with Crippen LogP contribution in [0.1, 0.15) is 12.0 Å². The number of nitrogens with zero attached hydrogens (tertiary/aromatic N) is 1. The van der Waals surface area contributed by atoms with E-state index in [-0.39, 0.29) is 13.1 Å². The second kappa shape index (κ2) is 5.72. The summed E-state index contributed by atoms with van der Waals surface area (Å²) in [6, 6.07) is 4.42. The fourth-order valence-corrected chi connectivity index (χ4v) is 2.08. The van der Waals surface area contributed by atoms with E-state index in [4.69, 9.17) is 0 Å². The van der Waals surface area contributed by atoms with E-state index in [0.29, 0.717) is 6.42 Å². The monoisotopic (exact) mass is 302 g/mol. The topological polar surface area (TPSA) is 69.6 Å². The molecule has 0 spiro atoms. The molecule has 1 atom stereocenters. The number of hydrogen-bond donors (Lipinski definition) is 2. The highest BCUT2D eigenvalue weighted by Crippen LogP contribution is 2.34. The SMILES string of the molecule is O=C(Nc1ccccc1C(F)(F)F)C(=O)N1CC[C@@H](O)C1. The van der Waals surface area contributed by atoms with Gasteiger partial charge in [-0.2, -0.15) is 13.2 Å². The van der Waals surface area contributed by atoms with Gasteiger partial charge in [0.2, 0.25) is 0 Å². The lowest BCUT2D eigenvalue weighted by molar-refractivity contribution is -0.143. The van der Waals surface area contributed by atoms with E-state index in [1.165, 1.54) is 12.1 Å². The molecule has 0 unspecified atom stereocenters. The van der Waals surface area contributed by atoms with Crippen molar-refractivity contribution in [1.29, 1.82) is 0 Å².